The number of hydrogen-bond donors (Lipinski definition) is 0. The molecule has 11 heavy (non-hydrogen) atoms. The van der Waals surface area contributed by atoms with Gasteiger partial charge in [-0.1, -0.05) is 0 Å². The second kappa shape index (κ2) is 2.76. The van der Waals surface area contributed by atoms with E-state index < -0.39 is 0 Å². The summed E-state index contributed by atoms with van der Waals surface area (Å²) >= 11 is 0. The molecular weight excluding hydrogens is 138 g/mol. The van der Waals surface area contributed by atoms with Gasteiger partial charge in [-0.05, 0) is 26.7 Å². The molecule has 0 spiro atoms. The molecule has 0 amide bonds. The van der Waals surface area contributed by atoms with Gasteiger partial charge in [0.05, 0.1) is 13.2 Å². The fraction of sp³-hybridized carbons (Fsp3) is 1.00. The van der Waals surface area contributed by atoms with E-state index in [1.165, 1.54) is 12.8 Å². The molecule has 2 fully saturated rings. The summed E-state index contributed by atoms with van der Waals surface area (Å²) in [7, 11) is 0. The van der Waals surface area contributed by atoms with E-state index in [0.717, 1.165) is 25.3 Å². The molecule has 0 radical (unpaired) electrons. The Balaban J connectivity index is 2.09. The quantitative estimate of drug-likeness (QED) is 0.565. The van der Waals surface area contributed by atoms with E-state index in [1.54, 1.807) is 0 Å². The lowest BCUT2D eigenvalue weighted by Crippen LogP contribution is -2.49. The van der Waals surface area contributed by atoms with E-state index in [2.05, 4.69) is 18.7 Å². The van der Waals surface area contributed by atoms with Crippen molar-refractivity contribution in [1.29, 1.82) is 0 Å². The van der Waals surface area contributed by atoms with Gasteiger partial charge >= 0.3 is 0 Å². The average Bonchev–Trinajstić information content (AvgIpc) is 2.23. The highest BCUT2D eigenvalue weighted by Gasteiger charge is 2.38. The van der Waals surface area contributed by atoms with Gasteiger partial charge in [-0.25, -0.2) is 0 Å². The van der Waals surface area contributed by atoms with Crippen LogP contribution in [0.25, 0.3) is 0 Å². The molecule has 2 heterocycles. The second-order valence-corrected chi connectivity index (χ2v) is 3.96. The Hall–Kier alpha value is -0.0800. The van der Waals surface area contributed by atoms with Crippen LogP contribution in [0.1, 0.15) is 26.7 Å². The molecule has 64 valence electrons. The molecule has 2 nitrogen and oxygen atoms in total. The number of fused-ring (bicyclic) bond motifs is 2. The summed E-state index contributed by atoms with van der Waals surface area (Å²) < 4.78 is 5.50. The third-order valence-corrected chi connectivity index (χ3v) is 2.89. The Morgan fingerprint density at radius 2 is 1.73 bits per heavy atom. The van der Waals surface area contributed by atoms with Crippen LogP contribution in [0.4, 0.5) is 0 Å². The molecule has 0 aromatic rings. The van der Waals surface area contributed by atoms with Crippen LogP contribution in [0.2, 0.25) is 0 Å². The molecule has 2 saturated heterocycles. The van der Waals surface area contributed by atoms with Crippen molar-refractivity contribution in [2.24, 2.45) is 0 Å². The minimum absolute atomic E-state index is 0.705. The zero-order valence-corrected chi connectivity index (χ0v) is 7.42. The van der Waals surface area contributed by atoms with Gasteiger partial charge < -0.3 is 4.74 Å². The van der Waals surface area contributed by atoms with Crippen molar-refractivity contribution < 1.29 is 4.74 Å². The highest BCUT2D eigenvalue weighted by Crippen LogP contribution is 2.30. The van der Waals surface area contributed by atoms with Crippen molar-refractivity contribution in [3.63, 3.8) is 0 Å². The molecule has 2 atom stereocenters. The minimum atomic E-state index is 0.705. The first-order chi connectivity index (χ1) is 5.29. The van der Waals surface area contributed by atoms with Crippen LogP contribution in [-0.4, -0.2) is 36.2 Å². The smallest absolute Gasteiger partial charge is 0.0622 e. The topological polar surface area (TPSA) is 12.5 Å². The lowest BCUT2D eigenvalue weighted by molar-refractivity contribution is -0.0293. The van der Waals surface area contributed by atoms with E-state index in [9.17, 15) is 0 Å². The summed E-state index contributed by atoms with van der Waals surface area (Å²) in [6.07, 6.45) is 2.70. The van der Waals surface area contributed by atoms with Crippen molar-refractivity contribution in [2.45, 2.75) is 44.8 Å². The second-order valence-electron chi connectivity index (χ2n) is 3.96. The number of nitrogens with zero attached hydrogens (tertiary/aromatic N) is 1. The Morgan fingerprint density at radius 1 is 1.18 bits per heavy atom. The van der Waals surface area contributed by atoms with Gasteiger partial charge in [0.15, 0.2) is 0 Å². The van der Waals surface area contributed by atoms with Crippen LogP contribution in [0, 0.1) is 0 Å². The Morgan fingerprint density at radius 3 is 2.09 bits per heavy atom. The molecule has 0 aromatic heterocycles. The Labute approximate surface area is 68.5 Å². The summed E-state index contributed by atoms with van der Waals surface area (Å²) in [5.74, 6) is 0. The van der Waals surface area contributed by atoms with E-state index in [-0.39, 0.29) is 0 Å². The van der Waals surface area contributed by atoms with Crippen LogP contribution in [0.15, 0.2) is 0 Å². The van der Waals surface area contributed by atoms with Crippen LogP contribution in [0.5, 0.6) is 0 Å². The van der Waals surface area contributed by atoms with E-state index in [1.807, 2.05) is 0 Å². The molecule has 2 bridgehead atoms. The molecular formula is C9H17NO. The monoisotopic (exact) mass is 155 g/mol. The van der Waals surface area contributed by atoms with Crippen LogP contribution in [-0.2, 0) is 4.74 Å². The lowest BCUT2D eigenvalue weighted by atomic mass is 10.2. The number of ether oxygens (including phenoxy) is 1. The molecule has 2 aliphatic heterocycles. The van der Waals surface area contributed by atoms with Crippen LogP contribution >= 0.6 is 0 Å². The first-order valence-electron chi connectivity index (χ1n) is 4.64. The molecule has 0 N–H and O–H groups in total. The maximum absolute atomic E-state index is 5.50. The van der Waals surface area contributed by atoms with Crippen molar-refractivity contribution in [3.05, 3.63) is 0 Å². The number of morpholine rings is 1. The summed E-state index contributed by atoms with van der Waals surface area (Å²) in [5, 5.41) is 0. The average molecular weight is 155 g/mol. The van der Waals surface area contributed by atoms with Crippen molar-refractivity contribution in [3.8, 4) is 0 Å². The summed E-state index contributed by atoms with van der Waals surface area (Å²) in [6, 6.07) is 2.17. The fourth-order valence-corrected chi connectivity index (χ4v) is 2.50. The summed E-state index contributed by atoms with van der Waals surface area (Å²) in [5.41, 5.74) is 0. The zero-order valence-electron chi connectivity index (χ0n) is 7.42. The molecule has 1 unspecified atom stereocenters. The molecule has 2 heteroatoms. The number of rotatable bonds is 1. The van der Waals surface area contributed by atoms with Crippen molar-refractivity contribution in [2.75, 3.05) is 13.2 Å². The zero-order chi connectivity index (χ0) is 7.84. The van der Waals surface area contributed by atoms with Crippen LogP contribution < -0.4 is 0 Å². The standard InChI is InChI=1S/C9H17NO/c1-7(2)10-8-3-4-9(10)6-11-5-8/h7-9H,3-6H2,1-2H3/t8-,9?/m1/s1. The normalized spacial score (nSPS) is 38.5. The maximum atomic E-state index is 5.50. The molecule has 0 saturated carbocycles. The SMILES string of the molecule is CC(C)N1C2CC[C@@H]1COC2. The van der Waals surface area contributed by atoms with Gasteiger partial charge in [-0.15, -0.1) is 0 Å². The summed E-state index contributed by atoms with van der Waals surface area (Å²) in [6.45, 7) is 6.51. The van der Waals surface area contributed by atoms with Gasteiger partial charge in [-0.3, -0.25) is 4.90 Å². The van der Waals surface area contributed by atoms with Gasteiger partial charge in [0, 0.05) is 18.1 Å². The number of hydrogen-bond acceptors (Lipinski definition) is 2. The highest BCUT2D eigenvalue weighted by atomic mass is 16.5. The highest BCUT2D eigenvalue weighted by molar-refractivity contribution is 4.92. The molecule has 2 rings (SSSR count). The van der Waals surface area contributed by atoms with Crippen molar-refractivity contribution in [1.82, 2.24) is 4.90 Å². The largest absolute Gasteiger partial charge is 0.378 e. The molecule has 2 aliphatic rings. The first-order valence-corrected chi connectivity index (χ1v) is 4.64. The lowest BCUT2D eigenvalue weighted by Gasteiger charge is -2.37. The van der Waals surface area contributed by atoms with Gasteiger partial charge in [0.1, 0.15) is 0 Å². The minimum Gasteiger partial charge on any atom is -0.378 e. The van der Waals surface area contributed by atoms with E-state index in [4.69, 9.17) is 4.74 Å². The van der Waals surface area contributed by atoms with Gasteiger partial charge in [0.25, 0.3) is 0 Å². The predicted octanol–water partition coefficient (Wildman–Crippen LogP) is 1.26. The van der Waals surface area contributed by atoms with E-state index >= 15 is 0 Å². The van der Waals surface area contributed by atoms with E-state index in [0.29, 0.717) is 6.04 Å². The molecule has 0 aliphatic carbocycles. The predicted molar refractivity (Wildman–Crippen MR) is 44.6 cm³/mol. The summed E-state index contributed by atoms with van der Waals surface area (Å²) in [4.78, 5) is 2.63. The van der Waals surface area contributed by atoms with Gasteiger partial charge in [-0.2, -0.15) is 0 Å². The maximum Gasteiger partial charge on any atom is 0.0622 e. The first kappa shape index (κ1) is 7.56. The van der Waals surface area contributed by atoms with Gasteiger partial charge in [0.2, 0.25) is 0 Å². The van der Waals surface area contributed by atoms with Crippen molar-refractivity contribution >= 4 is 0 Å². The third kappa shape index (κ3) is 1.18. The third-order valence-electron chi connectivity index (χ3n) is 2.89. The Bertz CT molecular complexity index is 130. The Kier molecular flexibility index (Phi) is 1.90. The molecule has 0 aromatic carbocycles. The van der Waals surface area contributed by atoms with Crippen LogP contribution in [0.3, 0.4) is 0 Å². The fourth-order valence-electron chi connectivity index (χ4n) is 2.50.